The highest BCUT2D eigenvalue weighted by atomic mass is 35.5. The molecule has 0 N–H and O–H groups in total. The fraction of sp³-hybridized carbons (Fsp3) is 0.300. The van der Waals surface area contributed by atoms with Gasteiger partial charge in [0.25, 0.3) is 5.91 Å². The molecule has 3 heterocycles. The van der Waals surface area contributed by atoms with Crippen LogP contribution in [0.3, 0.4) is 0 Å². The number of nitrogens with zero attached hydrogens (tertiary/aromatic N) is 4. The van der Waals surface area contributed by atoms with Crippen molar-refractivity contribution in [2.24, 2.45) is 0 Å². The smallest absolute Gasteiger partial charge is 0.257 e. The second-order valence-corrected chi connectivity index (χ2v) is 7.22. The molecule has 0 saturated carbocycles. The number of hydrogen-bond donors (Lipinski definition) is 0. The van der Waals surface area contributed by atoms with Crippen molar-refractivity contribution in [3.8, 4) is 0 Å². The van der Waals surface area contributed by atoms with Gasteiger partial charge in [0.05, 0.1) is 5.56 Å². The number of amides is 1. The first-order chi connectivity index (χ1) is 13.5. The van der Waals surface area contributed by atoms with Crippen LogP contribution in [0.1, 0.15) is 15.9 Å². The summed E-state index contributed by atoms with van der Waals surface area (Å²) in [6.45, 7) is 3.23. The minimum atomic E-state index is -0.567. The fourth-order valence-corrected chi connectivity index (χ4v) is 3.68. The number of benzene rings is 1. The molecule has 0 atom stereocenters. The van der Waals surface area contributed by atoms with Gasteiger partial charge in [-0.3, -0.25) is 9.69 Å². The molecule has 0 radical (unpaired) electrons. The maximum atomic E-state index is 13.8. The minimum Gasteiger partial charge on any atom is -0.336 e. The molecule has 0 unspecified atom stereocenters. The first kappa shape index (κ1) is 18.8. The normalized spacial score (nSPS) is 15.3. The van der Waals surface area contributed by atoms with E-state index in [4.69, 9.17) is 11.6 Å². The number of halogens is 3. The first-order valence-corrected chi connectivity index (χ1v) is 9.48. The topological polar surface area (TPSA) is 40.9 Å². The number of carbonyl (C=O) groups is 1. The summed E-state index contributed by atoms with van der Waals surface area (Å²) in [6.07, 6.45) is 3.98. The summed E-state index contributed by atoms with van der Waals surface area (Å²) in [4.78, 5) is 21.1. The SMILES string of the molecule is O=C(c1cccn2cc(Cl)nc12)N1CCN(CCc2ccc(F)cc2F)CC1. The number of imidazole rings is 1. The van der Waals surface area contributed by atoms with Gasteiger partial charge in [0.1, 0.15) is 16.8 Å². The number of hydrogen-bond acceptors (Lipinski definition) is 3. The molecule has 1 fully saturated rings. The molecular formula is C20H19ClF2N4O. The van der Waals surface area contributed by atoms with E-state index in [0.29, 0.717) is 61.1 Å². The number of carbonyl (C=O) groups excluding carboxylic acids is 1. The minimum absolute atomic E-state index is 0.0721. The summed E-state index contributed by atoms with van der Waals surface area (Å²) < 4.78 is 28.5. The Hall–Kier alpha value is -2.51. The molecule has 3 aromatic rings. The Bertz CT molecular complexity index is 1010. The van der Waals surface area contributed by atoms with Crippen molar-refractivity contribution >= 4 is 23.2 Å². The zero-order chi connectivity index (χ0) is 19.7. The Kier molecular flexibility index (Phi) is 5.28. The van der Waals surface area contributed by atoms with E-state index in [0.717, 1.165) is 6.07 Å². The third-order valence-corrected chi connectivity index (χ3v) is 5.24. The lowest BCUT2D eigenvalue weighted by Crippen LogP contribution is -2.49. The van der Waals surface area contributed by atoms with Crippen molar-refractivity contribution in [1.82, 2.24) is 19.2 Å². The monoisotopic (exact) mass is 404 g/mol. The summed E-state index contributed by atoms with van der Waals surface area (Å²) in [6, 6.07) is 7.23. The Labute approximate surface area is 166 Å². The van der Waals surface area contributed by atoms with Crippen LogP contribution < -0.4 is 0 Å². The van der Waals surface area contributed by atoms with Crippen molar-refractivity contribution < 1.29 is 13.6 Å². The third kappa shape index (κ3) is 3.86. The van der Waals surface area contributed by atoms with E-state index < -0.39 is 11.6 Å². The average molecular weight is 405 g/mol. The van der Waals surface area contributed by atoms with Gasteiger partial charge in [-0.15, -0.1) is 0 Å². The van der Waals surface area contributed by atoms with E-state index in [1.54, 1.807) is 33.8 Å². The number of piperazine rings is 1. The maximum Gasteiger partial charge on any atom is 0.257 e. The number of fused-ring (bicyclic) bond motifs is 1. The molecule has 1 amide bonds. The molecule has 2 aromatic heterocycles. The van der Waals surface area contributed by atoms with E-state index in [1.165, 1.54) is 12.1 Å². The number of pyridine rings is 1. The van der Waals surface area contributed by atoms with Crippen LogP contribution in [0, 0.1) is 11.6 Å². The van der Waals surface area contributed by atoms with Crippen LogP contribution in [0.2, 0.25) is 5.15 Å². The summed E-state index contributed by atoms with van der Waals surface area (Å²) >= 11 is 5.96. The first-order valence-electron chi connectivity index (χ1n) is 9.10. The van der Waals surface area contributed by atoms with Crippen LogP contribution in [0.5, 0.6) is 0 Å². The summed E-state index contributed by atoms with van der Waals surface area (Å²) in [5, 5.41) is 0.345. The summed E-state index contributed by atoms with van der Waals surface area (Å²) in [7, 11) is 0. The predicted octanol–water partition coefficient (Wildman–Crippen LogP) is 3.27. The fourth-order valence-electron chi connectivity index (χ4n) is 3.50. The molecule has 4 rings (SSSR count). The molecule has 1 aliphatic heterocycles. The second-order valence-electron chi connectivity index (χ2n) is 6.84. The molecule has 1 saturated heterocycles. The van der Waals surface area contributed by atoms with Crippen LogP contribution in [0.15, 0.2) is 42.7 Å². The summed E-state index contributed by atoms with van der Waals surface area (Å²) in [5.41, 5.74) is 1.57. The van der Waals surface area contributed by atoms with E-state index in [1.807, 2.05) is 0 Å². The van der Waals surface area contributed by atoms with E-state index in [2.05, 4.69) is 9.88 Å². The van der Waals surface area contributed by atoms with Gasteiger partial charge in [0.2, 0.25) is 0 Å². The number of aromatic nitrogens is 2. The zero-order valence-corrected chi connectivity index (χ0v) is 15.9. The van der Waals surface area contributed by atoms with Crippen molar-refractivity contribution in [2.45, 2.75) is 6.42 Å². The Morgan fingerprint density at radius 1 is 1.14 bits per heavy atom. The van der Waals surface area contributed by atoms with Crippen molar-refractivity contribution in [3.05, 3.63) is 70.6 Å². The molecule has 5 nitrogen and oxygen atoms in total. The van der Waals surface area contributed by atoms with Gasteiger partial charge in [-0.05, 0) is 30.2 Å². The Morgan fingerprint density at radius 2 is 1.93 bits per heavy atom. The highest BCUT2D eigenvalue weighted by Crippen LogP contribution is 2.17. The van der Waals surface area contributed by atoms with E-state index in [-0.39, 0.29) is 5.91 Å². The van der Waals surface area contributed by atoms with Gasteiger partial charge < -0.3 is 9.30 Å². The van der Waals surface area contributed by atoms with Crippen molar-refractivity contribution in [2.75, 3.05) is 32.7 Å². The van der Waals surface area contributed by atoms with Crippen molar-refractivity contribution in [1.29, 1.82) is 0 Å². The second kappa shape index (κ2) is 7.85. The summed E-state index contributed by atoms with van der Waals surface area (Å²) in [5.74, 6) is -1.15. The molecule has 0 aliphatic carbocycles. The van der Waals surface area contributed by atoms with E-state index >= 15 is 0 Å². The number of rotatable bonds is 4. The third-order valence-electron chi connectivity index (χ3n) is 5.06. The molecule has 1 aromatic carbocycles. The van der Waals surface area contributed by atoms with Gasteiger partial charge >= 0.3 is 0 Å². The standard InChI is InChI=1S/C20H19ClF2N4O/c21-18-13-27-6-1-2-16(19(27)24-18)20(28)26-10-8-25(9-11-26)7-5-14-3-4-15(22)12-17(14)23/h1-4,6,12-13H,5,7-11H2. The highest BCUT2D eigenvalue weighted by Gasteiger charge is 2.24. The lowest BCUT2D eigenvalue weighted by atomic mass is 10.1. The predicted molar refractivity (Wildman–Crippen MR) is 103 cm³/mol. The van der Waals surface area contributed by atoms with Crippen LogP contribution >= 0.6 is 11.6 Å². The van der Waals surface area contributed by atoms with Crippen LogP contribution in [-0.4, -0.2) is 57.8 Å². The van der Waals surface area contributed by atoms with Crippen LogP contribution in [0.25, 0.3) is 5.65 Å². The van der Waals surface area contributed by atoms with Gasteiger partial charge in [0, 0.05) is 51.2 Å². The van der Waals surface area contributed by atoms with E-state index in [9.17, 15) is 13.6 Å². The lowest BCUT2D eigenvalue weighted by Gasteiger charge is -2.34. The van der Waals surface area contributed by atoms with Crippen molar-refractivity contribution in [3.63, 3.8) is 0 Å². The van der Waals surface area contributed by atoms with Crippen LogP contribution in [0.4, 0.5) is 8.78 Å². The Morgan fingerprint density at radius 3 is 2.68 bits per heavy atom. The molecule has 8 heteroatoms. The van der Waals surface area contributed by atoms with Crippen LogP contribution in [-0.2, 0) is 6.42 Å². The molecule has 1 aliphatic rings. The average Bonchev–Trinajstić information content (AvgIpc) is 3.07. The molecular weight excluding hydrogens is 386 g/mol. The van der Waals surface area contributed by atoms with Gasteiger partial charge in [-0.1, -0.05) is 17.7 Å². The largest absolute Gasteiger partial charge is 0.336 e. The molecule has 146 valence electrons. The maximum absolute atomic E-state index is 13.8. The van der Waals surface area contributed by atoms with Gasteiger partial charge in [0.15, 0.2) is 5.65 Å². The van der Waals surface area contributed by atoms with Gasteiger partial charge in [-0.2, -0.15) is 0 Å². The molecule has 28 heavy (non-hydrogen) atoms. The quantitative estimate of drug-likeness (QED) is 0.670. The molecule has 0 bridgehead atoms. The molecule has 0 spiro atoms. The van der Waals surface area contributed by atoms with Gasteiger partial charge in [-0.25, -0.2) is 13.8 Å². The zero-order valence-electron chi connectivity index (χ0n) is 15.1. The highest BCUT2D eigenvalue weighted by molar-refractivity contribution is 6.29. The Balaban J connectivity index is 1.36. The lowest BCUT2D eigenvalue weighted by molar-refractivity contribution is 0.0639.